The molecule has 1 aromatic carbocycles. The molecule has 0 spiro atoms. The van der Waals surface area contributed by atoms with Crippen molar-refractivity contribution in [3.8, 4) is 0 Å². The maximum atomic E-state index is 10.6. The molecule has 20 heavy (non-hydrogen) atoms. The first-order valence-corrected chi connectivity index (χ1v) is 7.59. The van der Waals surface area contributed by atoms with E-state index < -0.39 is 0 Å². The van der Waals surface area contributed by atoms with E-state index in [0.29, 0.717) is 0 Å². The van der Waals surface area contributed by atoms with Crippen LogP contribution in [0.1, 0.15) is 44.6 Å². The SMILES string of the molecule is CC1CCC(CCNCc2ccc([N+](=O)[O-])cc2)CC1. The van der Waals surface area contributed by atoms with Crippen LogP contribution in [0.5, 0.6) is 0 Å². The van der Waals surface area contributed by atoms with Crippen LogP contribution in [0.2, 0.25) is 0 Å². The van der Waals surface area contributed by atoms with Crippen molar-refractivity contribution in [2.45, 2.75) is 45.6 Å². The molecule has 4 heteroatoms. The van der Waals surface area contributed by atoms with E-state index >= 15 is 0 Å². The molecule has 110 valence electrons. The van der Waals surface area contributed by atoms with E-state index in [4.69, 9.17) is 0 Å². The van der Waals surface area contributed by atoms with Gasteiger partial charge in [-0.3, -0.25) is 10.1 Å². The molecule has 0 aromatic heterocycles. The molecule has 1 N–H and O–H groups in total. The number of rotatable bonds is 6. The summed E-state index contributed by atoms with van der Waals surface area (Å²) >= 11 is 0. The molecule has 0 unspecified atom stereocenters. The van der Waals surface area contributed by atoms with E-state index in [9.17, 15) is 10.1 Å². The topological polar surface area (TPSA) is 55.2 Å². The van der Waals surface area contributed by atoms with Gasteiger partial charge >= 0.3 is 0 Å². The van der Waals surface area contributed by atoms with E-state index in [1.807, 2.05) is 12.1 Å². The molecule has 0 amide bonds. The molecule has 1 aromatic rings. The number of nitro benzene ring substituents is 1. The molecule has 0 atom stereocenters. The summed E-state index contributed by atoms with van der Waals surface area (Å²) in [6, 6.07) is 6.79. The van der Waals surface area contributed by atoms with Crippen molar-refractivity contribution in [3.63, 3.8) is 0 Å². The van der Waals surface area contributed by atoms with Crippen molar-refractivity contribution in [2.75, 3.05) is 6.54 Å². The van der Waals surface area contributed by atoms with Gasteiger partial charge < -0.3 is 5.32 Å². The van der Waals surface area contributed by atoms with E-state index in [1.165, 1.54) is 32.1 Å². The van der Waals surface area contributed by atoms with Crippen molar-refractivity contribution in [3.05, 3.63) is 39.9 Å². The highest BCUT2D eigenvalue weighted by Crippen LogP contribution is 2.29. The summed E-state index contributed by atoms with van der Waals surface area (Å²) in [5.41, 5.74) is 1.26. The average molecular weight is 276 g/mol. The molecule has 0 bridgehead atoms. The summed E-state index contributed by atoms with van der Waals surface area (Å²) < 4.78 is 0. The molecule has 1 fully saturated rings. The van der Waals surface area contributed by atoms with Crippen molar-refractivity contribution in [1.29, 1.82) is 0 Å². The predicted molar refractivity (Wildman–Crippen MR) is 80.5 cm³/mol. The number of nitrogens with zero attached hydrogens (tertiary/aromatic N) is 1. The maximum absolute atomic E-state index is 10.6. The Kier molecular flexibility index (Phi) is 5.53. The zero-order chi connectivity index (χ0) is 14.4. The van der Waals surface area contributed by atoms with Gasteiger partial charge in [0, 0.05) is 18.7 Å². The lowest BCUT2D eigenvalue weighted by molar-refractivity contribution is -0.384. The fourth-order valence-electron chi connectivity index (χ4n) is 2.89. The Morgan fingerprint density at radius 3 is 2.45 bits per heavy atom. The molecule has 4 nitrogen and oxygen atoms in total. The molecule has 0 radical (unpaired) electrons. The number of hydrogen-bond acceptors (Lipinski definition) is 3. The van der Waals surface area contributed by atoms with Crippen LogP contribution in [0.4, 0.5) is 5.69 Å². The second-order valence-corrected chi connectivity index (χ2v) is 6.01. The van der Waals surface area contributed by atoms with Crippen molar-refractivity contribution in [1.82, 2.24) is 5.32 Å². The molecule has 0 heterocycles. The van der Waals surface area contributed by atoms with E-state index in [2.05, 4.69) is 12.2 Å². The molecular weight excluding hydrogens is 252 g/mol. The van der Waals surface area contributed by atoms with E-state index in [-0.39, 0.29) is 10.6 Å². The third kappa shape index (κ3) is 4.60. The van der Waals surface area contributed by atoms with Crippen LogP contribution in [-0.2, 0) is 6.54 Å². The number of nitro groups is 1. The Labute approximate surface area is 120 Å². The third-order valence-electron chi connectivity index (χ3n) is 4.34. The second-order valence-electron chi connectivity index (χ2n) is 6.01. The van der Waals surface area contributed by atoms with Crippen molar-refractivity contribution >= 4 is 5.69 Å². The van der Waals surface area contributed by atoms with Crippen LogP contribution in [0.3, 0.4) is 0 Å². The minimum absolute atomic E-state index is 0.157. The highest BCUT2D eigenvalue weighted by molar-refractivity contribution is 5.32. The molecule has 1 aliphatic rings. The predicted octanol–water partition coefficient (Wildman–Crippen LogP) is 3.90. The van der Waals surface area contributed by atoms with Crippen molar-refractivity contribution < 1.29 is 4.92 Å². The van der Waals surface area contributed by atoms with Crippen LogP contribution in [0.25, 0.3) is 0 Å². The molecule has 0 saturated heterocycles. The number of non-ortho nitro benzene ring substituents is 1. The minimum atomic E-state index is -0.360. The van der Waals surface area contributed by atoms with Gasteiger partial charge in [-0.15, -0.1) is 0 Å². The van der Waals surface area contributed by atoms with Gasteiger partial charge in [-0.2, -0.15) is 0 Å². The summed E-state index contributed by atoms with van der Waals surface area (Å²) in [6.07, 6.45) is 6.76. The normalized spacial score (nSPS) is 22.6. The van der Waals surface area contributed by atoms with E-state index in [0.717, 1.165) is 30.5 Å². The average Bonchev–Trinajstić information content (AvgIpc) is 2.46. The van der Waals surface area contributed by atoms with Gasteiger partial charge in [0.2, 0.25) is 0 Å². The Balaban J connectivity index is 1.64. The van der Waals surface area contributed by atoms with Gasteiger partial charge in [-0.1, -0.05) is 44.7 Å². The Morgan fingerprint density at radius 1 is 1.20 bits per heavy atom. The first-order valence-electron chi connectivity index (χ1n) is 7.59. The molecule has 2 rings (SSSR count). The summed E-state index contributed by atoms with van der Waals surface area (Å²) in [7, 11) is 0. The quantitative estimate of drug-likeness (QED) is 0.487. The van der Waals surface area contributed by atoms with Crippen LogP contribution < -0.4 is 5.32 Å². The summed E-state index contributed by atoms with van der Waals surface area (Å²) in [4.78, 5) is 10.2. The first-order chi connectivity index (χ1) is 9.65. The number of benzene rings is 1. The smallest absolute Gasteiger partial charge is 0.269 e. The Hall–Kier alpha value is -1.42. The number of hydrogen-bond donors (Lipinski definition) is 1. The van der Waals surface area contributed by atoms with Crippen LogP contribution in [-0.4, -0.2) is 11.5 Å². The van der Waals surface area contributed by atoms with Crippen LogP contribution in [0.15, 0.2) is 24.3 Å². The van der Waals surface area contributed by atoms with Gasteiger partial charge in [0.1, 0.15) is 0 Å². The Morgan fingerprint density at radius 2 is 1.85 bits per heavy atom. The van der Waals surface area contributed by atoms with Crippen molar-refractivity contribution in [2.24, 2.45) is 11.8 Å². The lowest BCUT2D eigenvalue weighted by Gasteiger charge is -2.26. The lowest BCUT2D eigenvalue weighted by Crippen LogP contribution is -2.20. The molecule has 1 saturated carbocycles. The third-order valence-corrected chi connectivity index (χ3v) is 4.34. The van der Waals surface area contributed by atoms with Crippen LogP contribution in [0, 0.1) is 22.0 Å². The van der Waals surface area contributed by atoms with Gasteiger partial charge in [-0.25, -0.2) is 0 Å². The largest absolute Gasteiger partial charge is 0.313 e. The maximum Gasteiger partial charge on any atom is 0.269 e. The molecular formula is C16H24N2O2. The van der Waals surface area contributed by atoms with Gasteiger partial charge in [0.25, 0.3) is 5.69 Å². The fourth-order valence-corrected chi connectivity index (χ4v) is 2.89. The minimum Gasteiger partial charge on any atom is -0.313 e. The van der Waals surface area contributed by atoms with Crippen LogP contribution >= 0.6 is 0 Å². The molecule has 0 aliphatic heterocycles. The summed E-state index contributed by atoms with van der Waals surface area (Å²) in [5, 5.41) is 14.0. The fraction of sp³-hybridized carbons (Fsp3) is 0.625. The highest BCUT2D eigenvalue weighted by Gasteiger charge is 2.17. The summed E-state index contributed by atoms with van der Waals surface area (Å²) in [5.74, 6) is 1.80. The van der Waals surface area contributed by atoms with Gasteiger partial charge in [0.05, 0.1) is 4.92 Å². The highest BCUT2D eigenvalue weighted by atomic mass is 16.6. The zero-order valence-electron chi connectivity index (χ0n) is 12.2. The Bertz CT molecular complexity index is 423. The van der Waals surface area contributed by atoms with Gasteiger partial charge in [-0.05, 0) is 30.4 Å². The zero-order valence-corrected chi connectivity index (χ0v) is 12.2. The number of nitrogens with one attached hydrogen (secondary N) is 1. The molecule has 1 aliphatic carbocycles. The second kappa shape index (κ2) is 7.39. The summed E-state index contributed by atoms with van der Waals surface area (Å²) in [6.45, 7) is 4.18. The van der Waals surface area contributed by atoms with Gasteiger partial charge in [0.15, 0.2) is 0 Å². The van der Waals surface area contributed by atoms with E-state index in [1.54, 1.807) is 12.1 Å². The lowest BCUT2D eigenvalue weighted by atomic mass is 9.81. The standard InChI is InChI=1S/C16H24N2O2/c1-13-2-4-14(5-3-13)10-11-17-12-15-6-8-16(9-7-15)18(19)20/h6-9,13-14,17H,2-5,10-12H2,1H3. The first kappa shape index (κ1) is 15.0. The monoisotopic (exact) mass is 276 g/mol.